The number of aliphatic hydroxyl groups is 1. The third-order valence-electron chi connectivity index (χ3n) is 6.44. The number of carbonyl (C=O) groups excluding carboxylic acids is 1. The van der Waals surface area contributed by atoms with Crippen LogP contribution in [0.2, 0.25) is 0 Å². The number of hydrogen-bond acceptors (Lipinski definition) is 6. The maximum Gasteiger partial charge on any atom is 0.260 e. The van der Waals surface area contributed by atoms with Gasteiger partial charge in [-0.15, -0.1) is 0 Å². The minimum Gasteiger partial charge on any atom is -0.389 e. The Bertz CT molecular complexity index is 1520. The smallest absolute Gasteiger partial charge is 0.260 e. The first-order valence-electron chi connectivity index (χ1n) is 11.8. The second-order valence-corrected chi connectivity index (χ2v) is 8.99. The van der Waals surface area contributed by atoms with E-state index in [1.54, 1.807) is 18.2 Å². The number of carbonyl (C=O) groups is 1. The standard InChI is InChI=1S/C27H24F2N4O4/c1-15-4-5-16(11-31-15)17-9-21(28)19(22(29)10-17)12-33-13-20(25-18(27(33)36)3-2-7-30-25)26(35)32-23-6-8-37-14-24(23)34/h2-5,7,9-11,13,23-24,34H,6,8,12,14H2,1H3,(H,32,35)/t23-,24-/m0/s1. The molecule has 3 aromatic heterocycles. The molecule has 1 amide bonds. The Morgan fingerprint density at radius 3 is 2.68 bits per heavy atom. The number of amides is 1. The quantitative estimate of drug-likeness (QED) is 0.431. The van der Waals surface area contributed by atoms with Crippen molar-refractivity contribution in [1.82, 2.24) is 19.9 Å². The second kappa shape index (κ2) is 10.2. The highest BCUT2D eigenvalue weighted by Crippen LogP contribution is 2.25. The predicted octanol–water partition coefficient (Wildman–Crippen LogP) is 2.97. The summed E-state index contributed by atoms with van der Waals surface area (Å²) >= 11 is 0. The molecule has 190 valence electrons. The molecule has 1 saturated heterocycles. The number of hydrogen-bond donors (Lipinski definition) is 2. The predicted molar refractivity (Wildman–Crippen MR) is 132 cm³/mol. The SMILES string of the molecule is Cc1ccc(-c2cc(F)c(Cn3cc(C(=O)N[C@H]4CCOC[C@@H]4O)c4ncccc4c3=O)c(F)c2)cn1. The summed E-state index contributed by atoms with van der Waals surface area (Å²) in [6.07, 6.45) is 3.76. The lowest BCUT2D eigenvalue weighted by Crippen LogP contribution is -2.48. The van der Waals surface area contributed by atoms with Crippen molar-refractivity contribution in [3.05, 3.63) is 93.8 Å². The van der Waals surface area contributed by atoms with Gasteiger partial charge in [0, 0.05) is 42.0 Å². The van der Waals surface area contributed by atoms with Crippen molar-refractivity contribution in [2.24, 2.45) is 0 Å². The highest BCUT2D eigenvalue weighted by Gasteiger charge is 2.27. The summed E-state index contributed by atoms with van der Waals surface area (Å²) in [5.74, 6) is -2.22. The van der Waals surface area contributed by atoms with Gasteiger partial charge in [-0.2, -0.15) is 0 Å². The Morgan fingerprint density at radius 2 is 1.97 bits per heavy atom. The van der Waals surface area contributed by atoms with Gasteiger partial charge < -0.3 is 19.7 Å². The molecule has 0 spiro atoms. The van der Waals surface area contributed by atoms with Crippen molar-refractivity contribution in [2.45, 2.75) is 32.0 Å². The van der Waals surface area contributed by atoms with Crippen LogP contribution in [0.1, 0.15) is 28.0 Å². The van der Waals surface area contributed by atoms with E-state index in [2.05, 4.69) is 15.3 Å². The van der Waals surface area contributed by atoms with Crippen LogP contribution in [-0.4, -0.2) is 50.9 Å². The fourth-order valence-electron chi connectivity index (χ4n) is 4.37. The van der Waals surface area contributed by atoms with Crippen LogP contribution in [-0.2, 0) is 11.3 Å². The zero-order valence-electron chi connectivity index (χ0n) is 19.9. The Hall–Kier alpha value is -4.02. The van der Waals surface area contributed by atoms with Crippen LogP contribution in [0.3, 0.4) is 0 Å². The Morgan fingerprint density at radius 1 is 1.19 bits per heavy atom. The summed E-state index contributed by atoms with van der Waals surface area (Å²) < 4.78 is 36.5. The third-order valence-corrected chi connectivity index (χ3v) is 6.44. The van der Waals surface area contributed by atoms with E-state index >= 15 is 8.78 Å². The lowest BCUT2D eigenvalue weighted by molar-refractivity contribution is -0.0260. The number of aliphatic hydroxyl groups excluding tert-OH is 1. The molecule has 5 rings (SSSR count). The fourth-order valence-corrected chi connectivity index (χ4v) is 4.37. The number of benzene rings is 1. The summed E-state index contributed by atoms with van der Waals surface area (Å²) in [5.41, 5.74) is 0.993. The molecule has 10 heteroatoms. The van der Waals surface area contributed by atoms with E-state index in [1.807, 2.05) is 6.92 Å². The number of nitrogens with zero attached hydrogens (tertiary/aromatic N) is 3. The van der Waals surface area contributed by atoms with Crippen molar-refractivity contribution >= 4 is 16.8 Å². The summed E-state index contributed by atoms with van der Waals surface area (Å²) in [6.45, 7) is 1.85. The highest BCUT2D eigenvalue weighted by atomic mass is 19.1. The van der Waals surface area contributed by atoms with Crippen LogP contribution in [0, 0.1) is 18.6 Å². The monoisotopic (exact) mass is 506 g/mol. The van der Waals surface area contributed by atoms with Crippen molar-refractivity contribution in [3.63, 3.8) is 0 Å². The van der Waals surface area contributed by atoms with Crippen molar-refractivity contribution in [1.29, 1.82) is 0 Å². The van der Waals surface area contributed by atoms with Crippen LogP contribution >= 0.6 is 0 Å². The maximum absolute atomic E-state index is 15.1. The molecule has 8 nitrogen and oxygen atoms in total. The topological polar surface area (TPSA) is 106 Å². The van der Waals surface area contributed by atoms with Crippen LogP contribution in [0.25, 0.3) is 22.0 Å². The van der Waals surface area contributed by atoms with E-state index in [-0.39, 0.29) is 28.6 Å². The van der Waals surface area contributed by atoms with Gasteiger partial charge in [0.2, 0.25) is 0 Å². The number of rotatable bonds is 5. The number of aryl methyl sites for hydroxylation is 1. The fraction of sp³-hybridized carbons (Fsp3) is 0.259. The zero-order valence-corrected chi connectivity index (χ0v) is 19.9. The molecule has 1 aliphatic rings. The van der Waals surface area contributed by atoms with Crippen LogP contribution < -0.4 is 10.9 Å². The van der Waals surface area contributed by atoms with Crippen molar-refractivity contribution in [2.75, 3.05) is 13.2 Å². The summed E-state index contributed by atoms with van der Waals surface area (Å²) in [6, 6.07) is 8.35. The van der Waals surface area contributed by atoms with Crippen molar-refractivity contribution < 1.29 is 23.4 Å². The van der Waals surface area contributed by atoms with E-state index in [9.17, 15) is 14.7 Å². The van der Waals surface area contributed by atoms with Gasteiger partial charge in [0.15, 0.2) is 0 Å². The zero-order chi connectivity index (χ0) is 26.1. The van der Waals surface area contributed by atoms with Crippen molar-refractivity contribution in [3.8, 4) is 11.1 Å². The molecule has 1 aromatic carbocycles. The summed E-state index contributed by atoms with van der Waals surface area (Å²) in [7, 11) is 0. The molecule has 37 heavy (non-hydrogen) atoms. The van der Waals surface area contributed by atoms with Gasteiger partial charge in [0.05, 0.1) is 41.8 Å². The first-order chi connectivity index (χ1) is 17.8. The molecule has 0 unspecified atom stereocenters. The number of nitrogens with one attached hydrogen (secondary N) is 1. The number of halogens is 2. The molecule has 0 aliphatic carbocycles. The van der Waals surface area contributed by atoms with Gasteiger partial charge in [-0.3, -0.25) is 19.6 Å². The molecule has 1 aliphatic heterocycles. The van der Waals surface area contributed by atoms with E-state index in [4.69, 9.17) is 4.74 Å². The molecule has 4 aromatic rings. The average Bonchev–Trinajstić information content (AvgIpc) is 2.89. The molecular weight excluding hydrogens is 482 g/mol. The van der Waals surface area contributed by atoms with Gasteiger partial charge in [-0.1, -0.05) is 6.07 Å². The molecule has 0 radical (unpaired) electrons. The molecule has 0 saturated carbocycles. The Labute approximate surface area is 210 Å². The first-order valence-corrected chi connectivity index (χ1v) is 11.8. The third kappa shape index (κ3) is 4.98. The van der Waals surface area contributed by atoms with Gasteiger partial charge in [0.25, 0.3) is 11.5 Å². The molecule has 4 heterocycles. The minimum absolute atomic E-state index is 0.0528. The van der Waals surface area contributed by atoms with Crippen LogP contribution in [0.5, 0.6) is 0 Å². The summed E-state index contributed by atoms with van der Waals surface area (Å²) in [4.78, 5) is 34.7. The number of aromatic nitrogens is 3. The van der Waals surface area contributed by atoms with E-state index in [0.717, 1.165) is 10.3 Å². The number of ether oxygens (including phenoxy) is 1. The largest absolute Gasteiger partial charge is 0.389 e. The van der Waals surface area contributed by atoms with Gasteiger partial charge >= 0.3 is 0 Å². The van der Waals surface area contributed by atoms with Crippen LogP contribution in [0.15, 0.2) is 59.8 Å². The van der Waals surface area contributed by atoms with Crippen LogP contribution in [0.4, 0.5) is 8.78 Å². The lowest BCUT2D eigenvalue weighted by Gasteiger charge is -2.28. The van der Waals surface area contributed by atoms with Gasteiger partial charge in [-0.25, -0.2) is 8.78 Å². The normalized spacial score (nSPS) is 17.6. The van der Waals surface area contributed by atoms with E-state index in [1.165, 1.54) is 36.8 Å². The first kappa shape index (κ1) is 24.7. The van der Waals surface area contributed by atoms with E-state index in [0.29, 0.717) is 24.2 Å². The van der Waals surface area contributed by atoms with Gasteiger partial charge in [0.1, 0.15) is 11.6 Å². The molecule has 1 fully saturated rings. The second-order valence-electron chi connectivity index (χ2n) is 8.99. The molecule has 2 atom stereocenters. The van der Waals surface area contributed by atoms with E-state index < -0.39 is 41.8 Å². The Kier molecular flexibility index (Phi) is 6.77. The average molecular weight is 507 g/mol. The molecular formula is C27H24F2N4O4. The maximum atomic E-state index is 15.1. The molecule has 0 bridgehead atoms. The number of pyridine rings is 3. The lowest BCUT2D eigenvalue weighted by atomic mass is 10.0. The molecule has 2 N–H and O–H groups in total. The minimum atomic E-state index is -0.881. The summed E-state index contributed by atoms with van der Waals surface area (Å²) in [5, 5.41) is 13.0. The van der Waals surface area contributed by atoms with Gasteiger partial charge in [-0.05, 0) is 49.2 Å². The highest BCUT2D eigenvalue weighted by molar-refractivity contribution is 6.05. The Balaban J connectivity index is 1.52. The number of fused-ring (bicyclic) bond motifs is 1.